The third-order valence-electron chi connectivity index (χ3n) is 2.71. The molecule has 5 nitrogen and oxygen atoms in total. The van der Waals surface area contributed by atoms with E-state index in [0.29, 0.717) is 5.02 Å². The monoisotopic (exact) mass is 284 g/mol. The fourth-order valence-corrected chi connectivity index (χ4v) is 1.54. The van der Waals surface area contributed by atoms with E-state index >= 15 is 0 Å². The number of hydrogen-bond acceptors (Lipinski definition) is 2. The Morgan fingerprint density at radius 2 is 1.84 bits per heavy atom. The molecule has 1 aromatic rings. The second-order valence-electron chi connectivity index (χ2n) is 4.37. The summed E-state index contributed by atoms with van der Waals surface area (Å²) >= 11 is 5.78. The highest BCUT2D eigenvalue weighted by Crippen LogP contribution is 2.15. The summed E-state index contributed by atoms with van der Waals surface area (Å²) in [5.74, 6) is -1.55. The molecule has 2 unspecified atom stereocenters. The summed E-state index contributed by atoms with van der Waals surface area (Å²) in [7, 11) is 0. The lowest BCUT2D eigenvalue weighted by molar-refractivity contribution is -0.140. The van der Waals surface area contributed by atoms with E-state index in [4.69, 9.17) is 16.7 Å². The maximum Gasteiger partial charge on any atom is 0.315 e. The van der Waals surface area contributed by atoms with Crippen LogP contribution in [0.3, 0.4) is 0 Å². The minimum Gasteiger partial charge on any atom is -0.481 e. The van der Waals surface area contributed by atoms with Crippen LogP contribution < -0.4 is 10.6 Å². The number of hydrogen-bond donors (Lipinski definition) is 3. The van der Waals surface area contributed by atoms with Crippen molar-refractivity contribution < 1.29 is 14.7 Å². The molecule has 0 bridgehead atoms. The van der Waals surface area contributed by atoms with Crippen molar-refractivity contribution in [3.05, 3.63) is 34.9 Å². The number of benzene rings is 1. The number of rotatable bonds is 5. The van der Waals surface area contributed by atoms with Gasteiger partial charge in [0.25, 0.3) is 0 Å². The molecule has 3 N–H and O–H groups in total. The Morgan fingerprint density at radius 1 is 1.26 bits per heavy atom. The van der Waals surface area contributed by atoms with E-state index in [-0.39, 0.29) is 12.6 Å². The van der Waals surface area contributed by atoms with Gasteiger partial charge >= 0.3 is 12.0 Å². The van der Waals surface area contributed by atoms with Gasteiger partial charge in [-0.2, -0.15) is 0 Å². The molecule has 0 saturated carbocycles. The first-order valence-corrected chi connectivity index (χ1v) is 6.30. The van der Waals surface area contributed by atoms with Gasteiger partial charge in [-0.3, -0.25) is 4.79 Å². The molecule has 0 aliphatic heterocycles. The topological polar surface area (TPSA) is 78.4 Å². The molecule has 1 rings (SSSR count). The zero-order chi connectivity index (χ0) is 14.4. The molecule has 0 heterocycles. The van der Waals surface area contributed by atoms with Gasteiger partial charge in [0.15, 0.2) is 0 Å². The smallest absolute Gasteiger partial charge is 0.315 e. The Bertz CT molecular complexity index is 448. The number of carbonyl (C=O) groups is 2. The molecule has 0 radical (unpaired) electrons. The van der Waals surface area contributed by atoms with Crippen LogP contribution in [0.15, 0.2) is 24.3 Å². The SMILES string of the molecule is CC(CNC(=O)NC(C)c1ccc(Cl)cc1)C(=O)O. The Morgan fingerprint density at radius 3 is 2.37 bits per heavy atom. The van der Waals surface area contributed by atoms with Crippen LogP contribution >= 0.6 is 11.6 Å². The van der Waals surface area contributed by atoms with E-state index < -0.39 is 17.9 Å². The molecule has 0 aliphatic rings. The molecule has 6 heteroatoms. The van der Waals surface area contributed by atoms with Crippen molar-refractivity contribution in [3.63, 3.8) is 0 Å². The molecular weight excluding hydrogens is 268 g/mol. The van der Waals surface area contributed by atoms with Gasteiger partial charge < -0.3 is 15.7 Å². The highest BCUT2D eigenvalue weighted by Gasteiger charge is 2.13. The first kappa shape index (κ1) is 15.3. The number of halogens is 1. The van der Waals surface area contributed by atoms with Crippen molar-refractivity contribution in [2.24, 2.45) is 5.92 Å². The molecule has 2 amide bonds. The Labute approximate surface area is 117 Å². The highest BCUT2D eigenvalue weighted by molar-refractivity contribution is 6.30. The van der Waals surface area contributed by atoms with Crippen LogP contribution in [0.2, 0.25) is 5.02 Å². The second-order valence-corrected chi connectivity index (χ2v) is 4.80. The molecule has 0 saturated heterocycles. The van der Waals surface area contributed by atoms with Gasteiger partial charge in [0.1, 0.15) is 0 Å². The number of aliphatic carboxylic acids is 1. The van der Waals surface area contributed by atoms with Gasteiger partial charge in [0.2, 0.25) is 0 Å². The molecule has 19 heavy (non-hydrogen) atoms. The van der Waals surface area contributed by atoms with Crippen molar-refractivity contribution in [2.75, 3.05) is 6.54 Å². The number of carboxylic acids is 1. The summed E-state index contributed by atoms with van der Waals surface area (Å²) in [4.78, 5) is 22.2. The third kappa shape index (κ3) is 5.18. The second kappa shape index (κ2) is 6.99. The fraction of sp³-hybridized carbons (Fsp3) is 0.385. The standard InChI is InChI=1S/C13H17ClN2O3/c1-8(12(17)18)7-15-13(19)16-9(2)10-3-5-11(14)6-4-10/h3-6,8-9H,7H2,1-2H3,(H,17,18)(H2,15,16,19). The normalized spacial score (nSPS) is 13.4. The van der Waals surface area contributed by atoms with Gasteiger partial charge in [-0.15, -0.1) is 0 Å². The van der Waals surface area contributed by atoms with Crippen molar-refractivity contribution >= 4 is 23.6 Å². The van der Waals surface area contributed by atoms with Gasteiger partial charge in [0, 0.05) is 11.6 Å². The zero-order valence-corrected chi connectivity index (χ0v) is 11.6. The molecule has 104 valence electrons. The van der Waals surface area contributed by atoms with E-state index in [1.54, 1.807) is 12.1 Å². The van der Waals surface area contributed by atoms with Crippen LogP contribution in [-0.4, -0.2) is 23.7 Å². The van der Waals surface area contributed by atoms with Crippen LogP contribution in [0.4, 0.5) is 4.79 Å². The Hall–Kier alpha value is -1.75. The average Bonchev–Trinajstić information content (AvgIpc) is 2.36. The summed E-state index contributed by atoms with van der Waals surface area (Å²) in [6, 6.07) is 6.58. The largest absolute Gasteiger partial charge is 0.481 e. The number of nitrogens with one attached hydrogen (secondary N) is 2. The van der Waals surface area contributed by atoms with Crippen LogP contribution in [0.5, 0.6) is 0 Å². The van der Waals surface area contributed by atoms with Gasteiger partial charge in [-0.05, 0) is 24.6 Å². The molecule has 0 aliphatic carbocycles. The molecule has 0 fully saturated rings. The maximum atomic E-state index is 11.6. The molecule has 2 atom stereocenters. The predicted octanol–water partition coefficient (Wildman–Crippen LogP) is 2.42. The summed E-state index contributed by atoms with van der Waals surface area (Å²) in [6.07, 6.45) is 0. The summed E-state index contributed by atoms with van der Waals surface area (Å²) in [5, 5.41) is 14.6. The number of urea groups is 1. The lowest BCUT2D eigenvalue weighted by Gasteiger charge is -2.16. The van der Waals surface area contributed by atoms with E-state index in [9.17, 15) is 9.59 Å². The van der Waals surface area contributed by atoms with Gasteiger partial charge in [-0.1, -0.05) is 30.7 Å². The average molecular weight is 285 g/mol. The molecule has 0 aromatic heterocycles. The Kier molecular flexibility index (Phi) is 5.63. The zero-order valence-electron chi connectivity index (χ0n) is 10.8. The number of carboxylic acid groups (broad SMARTS) is 1. The van der Waals surface area contributed by atoms with Crippen LogP contribution in [-0.2, 0) is 4.79 Å². The van der Waals surface area contributed by atoms with E-state index in [1.165, 1.54) is 6.92 Å². The van der Waals surface area contributed by atoms with Crippen molar-refractivity contribution in [2.45, 2.75) is 19.9 Å². The van der Waals surface area contributed by atoms with Crippen LogP contribution in [0.25, 0.3) is 0 Å². The molecular formula is C13H17ClN2O3. The van der Waals surface area contributed by atoms with E-state index in [0.717, 1.165) is 5.56 Å². The number of carbonyl (C=O) groups excluding carboxylic acids is 1. The van der Waals surface area contributed by atoms with Crippen LogP contribution in [0, 0.1) is 5.92 Å². The fourth-order valence-electron chi connectivity index (χ4n) is 1.42. The van der Waals surface area contributed by atoms with Crippen molar-refractivity contribution in [1.29, 1.82) is 0 Å². The van der Waals surface area contributed by atoms with Gasteiger partial charge in [-0.25, -0.2) is 4.79 Å². The third-order valence-corrected chi connectivity index (χ3v) is 2.96. The van der Waals surface area contributed by atoms with E-state index in [1.807, 2.05) is 19.1 Å². The van der Waals surface area contributed by atoms with Crippen LogP contribution in [0.1, 0.15) is 25.5 Å². The molecule has 0 spiro atoms. The first-order chi connectivity index (χ1) is 8.90. The van der Waals surface area contributed by atoms with Gasteiger partial charge in [0.05, 0.1) is 12.0 Å². The van der Waals surface area contributed by atoms with Crippen molar-refractivity contribution in [3.8, 4) is 0 Å². The number of amides is 2. The lowest BCUT2D eigenvalue weighted by atomic mass is 10.1. The minimum atomic E-state index is -0.939. The quantitative estimate of drug-likeness (QED) is 0.777. The summed E-state index contributed by atoms with van der Waals surface area (Å²) in [6.45, 7) is 3.46. The minimum absolute atomic E-state index is 0.0918. The predicted molar refractivity (Wildman–Crippen MR) is 73.2 cm³/mol. The van der Waals surface area contributed by atoms with Crippen molar-refractivity contribution in [1.82, 2.24) is 10.6 Å². The summed E-state index contributed by atoms with van der Waals surface area (Å²) < 4.78 is 0. The first-order valence-electron chi connectivity index (χ1n) is 5.92. The van der Waals surface area contributed by atoms with E-state index in [2.05, 4.69) is 10.6 Å². The highest BCUT2D eigenvalue weighted by atomic mass is 35.5. The lowest BCUT2D eigenvalue weighted by Crippen LogP contribution is -2.40. The summed E-state index contributed by atoms with van der Waals surface area (Å²) in [5.41, 5.74) is 0.922. The molecule has 1 aromatic carbocycles. The Balaban J connectivity index is 2.44. The maximum absolute atomic E-state index is 11.6.